The van der Waals surface area contributed by atoms with Gasteiger partial charge < -0.3 is 15.2 Å². The molecule has 2 rings (SSSR count). The van der Waals surface area contributed by atoms with E-state index >= 15 is 0 Å². The van der Waals surface area contributed by atoms with Gasteiger partial charge in [0.2, 0.25) is 5.91 Å². The van der Waals surface area contributed by atoms with Gasteiger partial charge >= 0.3 is 5.97 Å². The summed E-state index contributed by atoms with van der Waals surface area (Å²) in [5.41, 5.74) is 1.74. The molecule has 2 aromatic carbocycles. The van der Waals surface area contributed by atoms with Crippen LogP contribution >= 0.6 is 0 Å². The smallest absolute Gasteiger partial charge is 0.329 e. The lowest BCUT2D eigenvalue weighted by Gasteiger charge is -2.18. The molecule has 31 heavy (non-hydrogen) atoms. The second kappa shape index (κ2) is 14.2. The van der Waals surface area contributed by atoms with E-state index in [1.165, 1.54) is 25.7 Å². The Morgan fingerprint density at radius 1 is 0.871 bits per heavy atom. The summed E-state index contributed by atoms with van der Waals surface area (Å²) in [4.78, 5) is 25.2. The summed E-state index contributed by atoms with van der Waals surface area (Å²) in [6.07, 6.45) is 8.68. The number of unbranched alkanes of at least 4 members (excludes halogenated alkanes) is 6. The molecular weight excluding hydrogens is 390 g/mol. The number of benzene rings is 2. The quantitative estimate of drug-likeness (QED) is 0.318. The summed E-state index contributed by atoms with van der Waals surface area (Å²) in [6, 6.07) is 15.3. The molecule has 2 N–H and O–H groups in total. The molecule has 0 radical (unpaired) electrons. The van der Waals surface area contributed by atoms with Crippen molar-refractivity contribution in [2.45, 2.75) is 77.4 Å². The number of phenols is 1. The maximum absolute atomic E-state index is 12.7. The Kier molecular flexibility index (Phi) is 11.2. The fourth-order valence-electron chi connectivity index (χ4n) is 3.40. The van der Waals surface area contributed by atoms with Crippen LogP contribution in [0.25, 0.3) is 0 Å². The van der Waals surface area contributed by atoms with Crippen molar-refractivity contribution >= 4 is 11.9 Å². The summed E-state index contributed by atoms with van der Waals surface area (Å²) in [6.45, 7) is 2.36. The number of aromatic hydroxyl groups is 1. The molecule has 1 amide bonds. The topological polar surface area (TPSA) is 75.6 Å². The number of hydrogen-bond acceptors (Lipinski definition) is 4. The molecule has 2 aromatic rings. The first kappa shape index (κ1) is 24.4. The molecule has 0 aliphatic heterocycles. The first-order chi connectivity index (χ1) is 15.1. The lowest BCUT2D eigenvalue weighted by atomic mass is 10.0. The second-order valence-electron chi connectivity index (χ2n) is 7.96. The van der Waals surface area contributed by atoms with E-state index in [2.05, 4.69) is 12.2 Å². The van der Waals surface area contributed by atoms with Gasteiger partial charge in [-0.2, -0.15) is 0 Å². The normalized spacial score (nSPS) is 11.6. The van der Waals surface area contributed by atoms with Gasteiger partial charge in [0.15, 0.2) is 0 Å². The minimum Gasteiger partial charge on any atom is -0.508 e. The fraction of sp³-hybridized carbons (Fsp3) is 0.462. The van der Waals surface area contributed by atoms with Gasteiger partial charge in [0.05, 0.1) is 0 Å². The van der Waals surface area contributed by atoms with Crippen LogP contribution in [0.4, 0.5) is 0 Å². The predicted molar refractivity (Wildman–Crippen MR) is 123 cm³/mol. The molecule has 0 unspecified atom stereocenters. The van der Waals surface area contributed by atoms with Crippen LogP contribution in [0.1, 0.15) is 69.4 Å². The number of amides is 1. The number of ether oxygens (including phenoxy) is 1. The van der Waals surface area contributed by atoms with Gasteiger partial charge in [0.25, 0.3) is 0 Å². The summed E-state index contributed by atoms with van der Waals surface area (Å²) < 4.78 is 5.46. The number of carbonyl (C=O) groups excluding carboxylic acids is 2. The highest BCUT2D eigenvalue weighted by Crippen LogP contribution is 2.13. The number of carbonyl (C=O) groups is 2. The minimum absolute atomic E-state index is 0.131. The van der Waals surface area contributed by atoms with E-state index in [1.807, 2.05) is 30.3 Å². The van der Waals surface area contributed by atoms with Crippen LogP contribution in [-0.2, 0) is 27.4 Å². The zero-order valence-corrected chi connectivity index (χ0v) is 18.5. The first-order valence-electron chi connectivity index (χ1n) is 11.4. The van der Waals surface area contributed by atoms with Crippen LogP contribution in [0.3, 0.4) is 0 Å². The summed E-state index contributed by atoms with van der Waals surface area (Å²) in [5, 5.41) is 12.3. The van der Waals surface area contributed by atoms with Gasteiger partial charge in [-0.3, -0.25) is 4.79 Å². The molecule has 0 spiro atoms. The van der Waals surface area contributed by atoms with Crippen molar-refractivity contribution in [3.8, 4) is 5.75 Å². The Hall–Kier alpha value is -2.82. The number of nitrogens with one attached hydrogen (secondary N) is 1. The predicted octanol–water partition coefficient (Wildman–Crippen LogP) is 5.30. The average Bonchev–Trinajstić information content (AvgIpc) is 2.78. The van der Waals surface area contributed by atoms with Crippen molar-refractivity contribution < 1.29 is 19.4 Å². The fourth-order valence-corrected chi connectivity index (χ4v) is 3.40. The van der Waals surface area contributed by atoms with Crippen LogP contribution in [0.5, 0.6) is 5.75 Å². The largest absolute Gasteiger partial charge is 0.508 e. The monoisotopic (exact) mass is 425 g/mol. The molecule has 5 nitrogen and oxygen atoms in total. The van der Waals surface area contributed by atoms with Gasteiger partial charge in [-0.1, -0.05) is 87.9 Å². The molecule has 0 saturated heterocycles. The van der Waals surface area contributed by atoms with Gasteiger partial charge in [0.1, 0.15) is 18.4 Å². The molecule has 0 saturated carbocycles. The van der Waals surface area contributed by atoms with E-state index < -0.39 is 12.0 Å². The summed E-state index contributed by atoms with van der Waals surface area (Å²) >= 11 is 0. The van der Waals surface area contributed by atoms with Crippen LogP contribution < -0.4 is 5.32 Å². The zero-order chi connectivity index (χ0) is 22.3. The van der Waals surface area contributed by atoms with Gasteiger partial charge in [-0.25, -0.2) is 4.79 Å². The Bertz CT molecular complexity index is 774. The van der Waals surface area contributed by atoms with Crippen molar-refractivity contribution in [1.82, 2.24) is 5.32 Å². The molecule has 168 valence electrons. The van der Waals surface area contributed by atoms with Crippen LogP contribution in [0, 0.1) is 0 Å². The molecule has 0 aromatic heterocycles. The summed E-state index contributed by atoms with van der Waals surface area (Å²) in [5.74, 6) is -0.422. The lowest BCUT2D eigenvalue weighted by molar-refractivity contribution is -0.149. The molecule has 5 heteroatoms. The van der Waals surface area contributed by atoms with Crippen molar-refractivity contribution in [3.63, 3.8) is 0 Å². The van der Waals surface area contributed by atoms with Crippen molar-refractivity contribution in [2.24, 2.45) is 0 Å². The number of rotatable bonds is 14. The molecule has 0 aliphatic carbocycles. The van der Waals surface area contributed by atoms with Crippen molar-refractivity contribution in [1.29, 1.82) is 0 Å². The average molecular weight is 426 g/mol. The highest BCUT2D eigenvalue weighted by Gasteiger charge is 2.23. The van der Waals surface area contributed by atoms with E-state index in [1.54, 1.807) is 24.3 Å². The van der Waals surface area contributed by atoms with Crippen molar-refractivity contribution in [2.75, 3.05) is 0 Å². The number of phenolic OH excluding ortho intramolecular Hbond substituents is 1. The minimum atomic E-state index is -0.759. The Balaban J connectivity index is 1.86. The second-order valence-corrected chi connectivity index (χ2v) is 7.96. The zero-order valence-electron chi connectivity index (χ0n) is 18.5. The lowest BCUT2D eigenvalue weighted by Crippen LogP contribution is -2.43. The third kappa shape index (κ3) is 10.2. The van der Waals surface area contributed by atoms with E-state index in [0.717, 1.165) is 30.4 Å². The Labute approximate surface area is 185 Å². The third-order valence-electron chi connectivity index (χ3n) is 5.23. The standard InChI is InChI=1S/C26H35NO4/c1-2-3-4-5-6-7-11-14-25(29)27-24(19-21-15-17-23(28)18-16-21)26(30)31-20-22-12-9-8-10-13-22/h8-10,12-13,15-18,24,28H,2-7,11,14,19-20H2,1H3,(H,27,29)/t24-/m0/s1. The maximum atomic E-state index is 12.7. The molecular formula is C26H35NO4. The third-order valence-corrected chi connectivity index (χ3v) is 5.23. The Morgan fingerprint density at radius 2 is 1.52 bits per heavy atom. The van der Waals surface area contributed by atoms with E-state index in [0.29, 0.717) is 12.8 Å². The molecule has 0 heterocycles. The number of esters is 1. The highest BCUT2D eigenvalue weighted by atomic mass is 16.5. The molecule has 0 bridgehead atoms. The summed E-state index contributed by atoms with van der Waals surface area (Å²) in [7, 11) is 0. The molecule has 0 aliphatic rings. The van der Waals surface area contributed by atoms with Gasteiger partial charge in [-0.15, -0.1) is 0 Å². The van der Waals surface area contributed by atoms with Gasteiger partial charge in [0, 0.05) is 12.8 Å². The first-order valence-corrected chi connectivity index (χ1v) is 11.4. The number of hydrogen-bond donors (Lipinski definition) is 2. The van der Waals surface area contributed by atoms with Crippen LogP contribution in [0.2, 0.25) is 0 Å². The molecule has 0 fully saturated rings. The van der Waals surface area contributed by atoms with Crippen molar-refractivity contribution in [3.05, 3.63) is 65.7 Å². The highest BCUT2D eigenvalue weighted by molar-refractivity contribution is 5.84. The van der Waals surface area contributed by atoms with Crippen LogP contribution in [0.15, 0.2) is 54.6 Å². The Morgan fingerprint density at radius 3 is 2.19 bits per heavy atom. The van der Waals surface area contributed by atoms with E-state index in [-0.39, 0.29) is 18.3 Å². The SMILES string of the molecule is CCCCCCCCCC(=O)N[C@@H](Cc1ccc(O)cc1)C(=O)OCc1ccccc1. The van der Waals surface area contributed by atoms with Crippen LogP contribution in [-0.4, -0.2) is 23.0 Å². The molecule has 1 atom stereocenters. The maximum Gasteiger partial charge on any atom is 0.329 e. The van der Waals surface area contributed by atoms with Gasteiger partial charge in [-0.05, 0) is 29.7 Å². The van der Waals surface area contributed by atoms with E-state index in [4.69, 9.17) is 4.74 Å². The van der Waals surface area contributed by atoms with E-state index in [9.17, 15) is 14.7 Å².